The first kappa shape index (κ1) is 22.7. The largest absolute Gasteiger partial charge is 0.491 e. The molecule has 0 saturated heterocycles. The molecule has 0 aliphatic heterocycles. The SMILES string of the molecule is CCNC(=NCC(O)c1ccc(OC(C)C)cc1)NCCCc1c(C)noc1C. The lowest BCUT2D eigenvalue weighted by Crippen LogP contribution is -2.38. The van der Waals surface area contributed by atoms with Crippen molar-refractivity contribution in [3.63, 3.8) is 0 Å². The molecule has 0 amide bonds. The molecule has 1 heterocycles. The molecule has 2 rings (SSSR count). The Labute approximate surface area is 173 Å². The van der Waals surface area contributed by atoms with Gasteiger partial charge in [0.25, 0.3) is 0 Å². The predicted molar refractivity (Wildman–Crippen MR) is 115 cm³/mol. The number of ether oxygens (including phenoxy) is 1. The van der Waals surface area contributed by atoms with E-state index in [1.807, 2.05) is 58.9 Å². The van der Waals surface area contributed by atoms with E-state index in [1.54, 1.807) is 0 Å². The van der Waals surface area contributed by atoms with Crippen molar-refractivity contribution in [1.82, 2.24) is 15.8 Å². The summed E-state index contributed by atoms with van der Waals surface area (Å²) in [4.78, 5) is 4.51. The molecule has 2 aromatic rings. The fourth-order valence-electron chi connectivity index (χ4n) is 3.00. The fourth-order valence-corrected chi connectivity index (χ4v) is 3.00. The highest BCUT2D eigenvalue weighted by molar-refractivity contribution is 5.79. The second-order valence-electron chi connectivity index (χ2n) is 7.30. The van der Waals surface area contributed by atoms with Crippen LogP contribution in [-0.4, -0.2) is 42.0 Å². The molecule has 0 bridgehead atoms. The van der Waals surface area contributed by atoms with Gasteiger partial charge in [-0.05, 0) is 65.2 Å². The number of rotatable bonds is 10. The third kappa shape index (κ3) is 7.42. The number of hydrogen-bond donors (Lipinski definition) is 3. The number of aryl methyl sites for hydroxylation is 2. The molecular formula is C22H34N4O3. The van der Waals surface area contributed by atoms with E-state index in [2.05, 4.69) is 20.8 Å². The number of benzene rings is 1. The zero-order valence-corrected chi connectivity index (χ0v) is 18.2. The van der Waals surface area contributed by atoms with Crippen molar-refractivity contribution < 1.29 is 14.4 Å². The Morgan fingerprint density at radius 1 is 1.21 bits per heavy atom. The zero-order valence-electron chi connectivity index (χ0n) is 18.2. The molecule has 7 nitrogen and oxygen atoms in total. The molecule has 3 N–H and O–H groups in total. The van der Waals surface area contributed by atoms with E-state index in [0.29, 0.717) is 5.96 Å². The van der Waals surface area contributed by atoms with E-state index in [9.17, 15) is 5.11 Å². The molecule has 0 aliphatic rings. The Balaban J connectivity index is 1.84. The lowest BCUT2D eigenvalue weighted by molar-refractivity contribution is 0.186. The molecule has 0 aliphatic carbocycles. The van der Waals surface area contributed by atoms with Crippen LogP contribution >= 0.6 is 0 Å². The van der Waals surface area contributed by atoms with Crippen LogP contribution in [0.3, 0.4) is 0 Å². The van der Waals surface area contributed by atoms with Gasteiger partial charge in [-0.25, -0.2) is 0 Å². The Morgan fingerprint density at radius 3 is 2.52 bits per heavy atom. The smallest absolute Gasteiger partial charge is 0.191 e. The number of hydrogen-bond acceptors (Lipinski definition) is 5. The summed E-state index contributed by atoms with van der Waals surface area (Å²) in [5.74, 6) is 2.38. The number of nitrogens with one attached hydrogen (secondary N) is 2. The Bertz CT molecular complexity index is 749. The highest BCUT2D eigenvalue weighted by atomic mass is 16.5. The molecule has 7 heteroatoms. The first-order valence-corrected chi connectivity index (χ1v) is 10.3. The third-order valence-electron chi connectivity index (χ3n) is 4.48. The van der Waals surface area contributed by atoms with Gasteiger partial charge in [-0.15, -0.1) is 0 Å². The quantitative estimate of drug-likeness (QED) is 0.321. The van der Waals surface area contributed by atoms with Crippen molar-refractivity contribution in [2.45, 2.75) is 59.7 Å². The molecule has 1 atom stereocenters. The maximum atomic E-state index is 10.4. The van der Waals surface area contributed by atoms with Gasteiger partial charge < -0.3 is 25.0 Å². The summed E-state index contributed by atoms with van der Waals surface area (Å²) in [7, 11) is 0. The van der Waals surface area contributed by atoms with Crippen LogP contribution in [-0.2, 0) is 6.42 Å². The molecule has 1 aromatic carbocycles. The lowest BCUT2D eigenvalue weighted by Gasteiger charge is -2.14. The Morgan fingerprint density at radius 2 is 1.93 bits per heavy atom. The number of aliphatic imine (C=N–C) groups is 1. The number of aliphatic hydroxyl groups is 1. The van der Waals surface area contributed by atoms with Crippen molar-refractivity contribution in [2.75, 3.05) is 19.6 Å². The minimum atomic E-state index is -0.666. The van der Waals surface area contributed by atoms with Gasteiger partial charge in [-0.2, -0.15) is 0 Å². The molecule has 0 radical (unpaired) electrons. The van der Waals surface area contributed by atoms with Gasteiger partial charge in [0.05, 0.1) is 24.4 Å². The van der Waals surface area contributed by atoms with Crippen molar-refractivity contribution in [2.24, 2.45) is 4.99 Å². The summed E-state index contributed by atoms with van der Waals surface area (Å²) in [6.45, 7) is 11.7. The average molecular weight is 403 g/mol. The molecule has 0 fully saturated rings. The van der Waals surface area contributed by atoms with E-state index in [0.717, 1.165) is 48.7 Å². The van der Waals surface area contributed by atoms with Crippen LogP contribution in [0.25, 0.3) is 0 Å². The first-order chi connectivity index (χ1) is 13.9. The van der Waals surface area contributed by atoms with Crippen LogP contribution in [0.2, 0.25) is 0 Å². The molecule has 29 heavy (non-hydrogen) atoms. The van der Waals surface area contributed by atoms with Crippen LogP contribution in [0.15, 0.2) is 33.8 Å². The van der Waals surface area contributed by atoms with Crippen LogP contribution < -0.4 is 15.4 Å². The maximum Gasteiger partial charge on any atom is 0.191 e. The van der Waals surface area contributed by atoms with Crippen molar-refractivity contribution in [1.29, 1.82) is 0 Å². The standard InChI is InChI=1S/C22H34N4O3/c1-6-23-22(24-13-7-8-20-16(4)26-29-17(20)5)25-14-21(27)18-9-11-19(12-10-18)28-15(2)3/h9-12,15,21,27H,6-8,13-14H2,1-5H3,(H2,23,24,25). The van der Waals surface area contributed by atoms with E-state index >= 15 is 0 Å². The van der Waals surface area contributed by atoms with Crippen molar-refractivity contribution in [3.8, 4) is 5.75 Å². The van der Waals surface area contributed by atoms with Gasteiger partial charge in [0.2, 0.25) is 0 Å². The van der Waals surface area contributed by atoms with Crippen LogP contribution in [0.5, 0.6) is 5.75 Å². The predicted octanol–water partition coefficient (Wildman–Crippen LogP) is 3.30. The van der Waals surface area contributed by atoms with E-state index in [1.165, 1.54) is 5.56 Å². The van der Waals surface area contributed by atoms with Crippen LogP contribution in [0.4, 0.5) is 0 Å². The summed E-state index contributed by atoms with van der Waals surface area (Å²) >= 11 is 0. The van der Waals surface area contributed by atoms with Gasteiger partial charge in [-0.3, -0.25) is 4.99 Å². The molecule has 160 valence electrons. The van der Waals surface area contributed by atoms with Gasteiger partial charge in [-0.1, -0.05) is 17.3 Å². The van der Waals surface area contributed by atoms with E-state index in [-0.39, 0.29) is 12.6 Å². The third-order valence-corrected chi connectivity index (χ3v) is 4.48. The number of aromatic nitrogens is 1. The summed E-state index contributed by atoms with van der Waals surface area (Å²) in [6, 6.07) is 7.50. The van der Waals surface area contributed by atoms with Crippen molar-refractivity contribution >= 4 is 5.96 Å². The summed E-state index contributed by atoms with van der Waals surface area (Å²) in [5.41, 5.74) is 2.95. The molecule has 1 aromatic heterocycles. The number of nitrogens with zero attached hydrogens (tertiary/aromatic N) is 2. The minimum Gasteiger partial charge on any atom is -0.491 e. The lowest BCUT2D eigenvalue weighted by atomic mass is 10.1. The highest BCUT2D eigenvalue weighted by Crippen LogP contribution is 2.19. The van der Waals surface area contributed by atoms with E-state index in [4.69, 9.17) is 9.26 Å². The number of guanidine groups is 1. The summed E-state index contributed by atoms with van der Waals surface area (Å²) in [5, 5.41) is 21.0. The molecule has 0 spiro atoms. The van der Waals surface area contributed by atoms with Gasteiger partial charge in [0.15, 0.2) is 5.96 Å². The second-order valence-corrected chi connectivity index (χ2v) is 7.30. The number of aliphatic hydroxyl groups excluding tert-OH is 1. The van der Waals surface area contributed by atoms with Crippen LogP contribution in [0, 0.1) is 13.8 Å². The topological polar surface area (TPSA) is 91.9 Å². The average Bonchev–Trinajstić information content (AvgIpc) is 3.01. The minimum absolute atomic E-state index is 0.127. The second kappa shape index (κ2) is 11.5. The van der Waals surface area contributed by atoms with Crippen molar-refractivity contribution in [3.05, 3.63) is 46.8 Å². The van der Waals surface area contributed by atoms with Gasteiger partial charge in [0.1, 0.15) is 11.5 Å². The molecule has 0 saturated carbocycles. The summed E-state index contributed by atoms with van der Waals surface area (Å²) in [6.07, 6.45) is 1.30. The zero-order chi connectivity index (χ0) is 21.2. The highest BCUT2D eigenvalue weighted by Gasteiger charge is 2.10. The van der Waals surface area contributed by atoms with Gasteiger partial charge in [0, 0.05) is 18.7 Å². The maximum absolute atomic E-state index is 10.4. The Hall–Kier alpha value is -2.54. The molecular weight excluding hydrogens is 368 g/mol. The summed E-state index contributed by atoms with van der Waals surface area (Å²) < 4.78 is 10.8. The van der Waals surface area contributed by atoms with E-state index < -0.39 is 6.10 Å². The molecule has 1 unspecified atom stereocenters. The van der Waals surface area contributed by atoms with Crippen LogP contribution in [0.1, 0.15) is 55.9 Å². The fraction of sp³-hybridized carbons (Fsp3) is 0.545. The monoisotopic (exact) mass is 402 g/mol. The normalized spacial score (nSPS) is 12.9. The Kier molecular flexibility index (Phi) is 8.99. The first-order valence-electron chi connectivity index (χ1n) is 10.3. The van der Waals surface area contributed by atoms with Gasteiger partial charge >= 0.3 is 0 Å².